The molecule has 1 aromatic rings. The second kappa shape index (κ2) is 6.04. The van der Waals surface area contributed by atoms with Crippen LogP contribution in [0.4, 0.5) is 0 Å². The maximum atomic E-state index is 10.3. The lowest BCUT2D eigenvalue weighted by Crippen LogP contribution is -2.44. The zero-order chi connectivity index (χ0) is 13.1. The van der Waals surface area contributed by atoms with Gasteiger partial charge in [-0.2, -0.15) is 0 Å². The Morgan fingerprint density at radius 1 is 1.16 bits per heavy atom. The van der Waals surface area contributed by atoms with Crippen LogP contribution in [0, 0.1) is 0 Å². The van der Waals surface area contributed by atoms with Gasteiger partial charge in [-0.3, -0.25) is 0 Å². The third-order valence-electron chi connectivity index (χ3n) is 4.44. The Morgan fingerprint density at radius 3 is 2.79 bits per heavy atom. The van der Waals surface area contributed by atoms with Crippen molar-refractivity contribution in [3.05, 3.63) is 34.9 Å². The van der Waals surface area contributed by atoms with Gasteiger partial charge in [0.15, 0.2) is 0 Å². The molecule has 0 radical (unpaired) electrons. The Hall–Kier alpha value is -0.900. The molecule has 0 saturated carbocycles. The second-order valence-electron chi connectivity index (χ2n) is 5.78. The molecule has 3 nitrogen and oxygen atoms in total. The molecule has 1 unspecified atom stereocenters. The van der Waals surface area contributed by atoms with Crippen molar-refractivity contribution in [2.24, 2.45) is 0 Å². The highest BCUT2D eigenvalue weighted by Gasteiger charge is 2.16. The number of benzene rings is 1. The first kappa shape index (κ1) is 13.1. The minimum absolute atomic E-state index is 0.305. The lowest BCUT2D eigenvalue weighted by molar-refractivity contribution is 0.136. The number of fused-ring (bicyclic) bond motifs is 1. The molecule has 1 aromatic carbocycles. The molecule has 0 aromatic heterocycles. The van der Waals surface area contributed by atoms with Gasteiger partial charge in [-0.15, -0.1) is 0 Å². The summed E-state index contributed by atoms with van der Waals surface area (Å²) in [6.07, 6.45) is 4.22. The molecule has 1 aliphatic heterocycles. The SMILES string of the molecule is OC(CCN1CCNCC1)c1ccc2c(c1)CCC2. The van der Waals surface area contributed by atoms with E-state index in [0.717, 1.165) is 44.7 Å². The number of rotatable bonds is 4. The molecule has 1 aliphatic carbocycles. The first-order valence-electron chi connectivity index (χ1n) is 7.56. The first-order valence-corrected chi connectivity index (χ1v) is 7.56. The van der Waals surface area contributed by atoms with Crippen LogP contribution in [-0.4, -0.2) is 42.7 Å². The molecule has 0 spiro atoms. The third-order valence-corrected chi connectivity index (χ3v) is 4.44. The van der Waals surface area contributed by atoms with Gasteiger partial charge in [-0.05, 0) is 42.4 Å². The molecular weight excluding hydrogens is 236 g/mol. The van der Waals surface area contributed by atoms with Gasteiger partial charge in [0.05, 0.1) is 6.10 Å². The summed E-state index contributed by atoms with van der Waals surface area (Å²) in [7, 11) is 0. The molecule has 1 saturated heterocycles. The number of piperazine rings is 1. The fourth-order valence-corrected chi connectivity index (χ4v) is 3.21. The summed E-state index contributed by atoms with van der Waals surface area (Å²) in [5, 5.41) is 13.7. The maximum absolute atomic E-state index is 10.3. The number of hydrogen-bond acceptors (Lipinski definition) is 3. The van der Waals surface area contributed by atoms with Crippen LogP contribution in [0.3, 0.4) is 0 Å². The van der Waals surface area contributed by atoms with Crippen LogP contribution >= 0.6 is 0 Å². The molecule has 19 heavy (non-hydrogen) atoms. The minimum atomic E-state index is -0.305. The molecule has 3 heteroatoms. The van der Waals surface area contributed by atoms with Crippen LogP contribution in [0.25, 0.3) is 0 Å². The Balaban J connectivity index is 1.56. The summed E-state index contributed by atoms with van der Waals surface area (Å²) in [5.41, 5.74) is 4.05. The highest BCUT2D eigenvalue weighted by molar-refractivity contribution is 5.36. The van der Waals surface area contributed by atoms with Gasteiger partial charge < -0.3 is 15.3 Å². The average molecular weight is 260 g/mol. The Bertz CT molecular complexity index is 427. The Labute approximate surface area is 115 Å². The Kier molecular flexibility index (Phi) is 4.16. The molecule has 2 aliphatic rings. The molecule has 3 rings (SSSR count). The molecule has 1 atom stereocenters. The van der Waals surface area contributed by atoms with E-state index in [1.54, 1.807) is 0 Å². The van der Waals surface area contributed by atoms with Crippen molar-refractivity contribution in [1.82, 2.24) is 10.2 Å². The summed E-state index contributed by atoms with van der Waals surface area (Å²) in [6, 6.07) is 6.56. The van der Waals surface area contributed by atoms with Crippen molar-refractivity contribution < 1.29 is 5.11 Å². The second-order valence-corrected chi connectivity index (χ2v) is 5.78. The van der Waals surface area contributed by atoms with Gasteiger partial charge in [0.25, 0.3) is 0 Å². The lowest BCUT2D eigenvalue weighted by atomic mass is 10.0. The van der Waals surface area contributed by atoms with Gasteiger partial charge in [0.2, 0.25) is 0 Å². The third kappa shape index (κ3) is 3.16. The lowest BCUT2D eigenvalue weighted by Gasteiger charge is -2.28. The van der Waals surface area contributed by atoms with Gasteiger partial charge in [-0.25, -0.2) is 0 Å². The van der Waals surface area contributed by atoms with Gasteiger partial charge in [0.1, 0.15) is 0 Å². The molecule has 104 valence electrons. The van der Waals surface area contributed by atoms with Crippen molar-refractivity contribution in [2.75, 3.05) is 32.7 Å². The van der Waals surface area contributed by atoms with Crippen LogP contribution in [0.2, 0.25) is 0 Å². The van der Waals surface area contributed by atoms with E-state index in [1.165, 1.54) is 30.4 Å². The highest BCUT2D eigenvalue weighted by Crippen LogP contribution is 2.26. The number of nitrogens with one attached hydrogen (secondary N) is 1. The number of aryl methyl sites for hydroxylation is 2. The molecule has 0 amide bonds. The fraction of sp³-hybridized carbons (Fsp3) is 0.625. The standard InChI is InChI=1S/C16H24N2O/c19-16(6-9-18-10-7-17-8-11-18)15-5-4-13-2-1-3-14(13)12-15/h4-5,12,16-17,19H,1-3,6-11H2. The van der Waals surface area contributed by atoms with Crippen molar-refractivity contribution in [1.29, 1.82) is 0 Å². The van der Waals surface area contributed by atoms with Gasteiger partial charge >= 0.3 is 0 Å². The largest absolute Gasteiger partial charge is 0.388 e. The summed E-state index contributed by atoms with van der Waals surface area (Å²) in [4.78, 5) is 2.44. The highest BCUT2D eigenvalue weighted by atomic mass is 16.3. The van der Waals surface area contributed by atoms with E-state index < -0.39 is 0 Å². The van der Waals surface area contributed by atoms with Crippen LogP contribution < -0.4 is 5.32 Å². The molecule has 0 bridgehead atoms. The predicted molar refractivity (Wildman–Crippen MR) is 77.4 cm³/mol. The van der Waals surface area contributed by atoms with Gasteiger partial charge in [0, 0.05) is 32.7 Å². The summed E-state index contributed by atoms with van der Waals surface area (Å²) >= 11 is 0. The van der Waals surface area contributed by atoms with E-state index in [0.29, 0.717) is 0 Å². The molecule has 1 heterocycles. The van der Waals surface area contributed by atoms with Crippen molar-refractivity contribution in [3.63, 3.8) is 0 Å². The first-order chi connectivity index (χ1) is 9.33. The molecule has 1 fully saturated rings. The minimum Gasteiger partial charge on any atom is -0.388 e. The predicted octanol–water partition coefficient (Wildman–Crippen LogP) is 1.50. The molecule has 2 N–H and O–H groups in total. The van der Waals surface area contributed by atoms with E-state index in [2.05, 4.69) is 28.4 Å². The van der Waals surface area contributed by atoms with E-state index in [1.807, 2.05) is 0 Å². The summed E-state index contributed by atoms with van der Waals surface area (Å²) in [6.45, 7) is 5.37. The topological polar surface area (TPSA) is 35.5 Å². The normalized spacial score (nSPS) is 21.3. The Morgan fingerprint density at radius 2 is 1.95 bits per heavy atom. The van der Waals surface area contributed by atoms with Crippen LogP contribution in [0.15, 0.2) is 18.2 Å². The molecular formula is C16H24N2O. The number of nitrogens with zero attached hydrogens (tertiary/aromatic N) is 1. The summed E-state index contributed by atoms with van der Waals surface area (Å²) < 4.78 is 0. The van der Waals surface area contributed by atoms with E-state index in [9.17, 15) is 5.11 Å². The van der Waals surface area contributed by atoms with E-state index >= 15 is 0 Å². The summed E-state index contributed by atoms with van der Waals surface area (Å²) in [5.74, 6) is 0. The fourth-order valence-electron chi connectivity index (χ4n) is 3.21. The zero-order valence-electron chi connectivity index (χ0n) is 11.6. The van der Waals surface area contributed by atoms with Crippen LogP contribution in [0.5, 0.6) is 0 Å². The quantitative estimate of drug-likeness (QED) is 0.861. The van der Waals surface area contributed by atoms with Crippen LogP contribution in [-0.2, 0) is 12.8 Å². The van der Waals surface area contributed by atoms with Crippen molar-refractivity contribution in [2.45, 2.75) is 31.8 Å². The smallest absolute Gasteiger partial charge is 0.0802 e. The zero-order valence-corrected chi connectivity index (χ0v) is 11.6. The number of hydrogen-bond donors (Lipinski definition) is 2. The number of aliphatic hydroxyl groups is 1. The monoisotopic (exact) mass is 260 g/mol. The van der Waals surface area contributed by atoms with Crippen LogP contribution in [0.1, 0.15) is 35.6 Å². The number of aliphatic hydroxyl groups excluding tert-OH is 1. The average Bonchev–Trinajstić information content (AvgIpc) is 2.93. The van der Waals surface area contributed by atoms with Crippen molar-refractivity contribution in [3.8, 4) is 0 Å². The van der Waals surface area contributed by atoms with E-state index in [4.69, 9.17) is 0 Å². The van der Waals surface area contributed by atoms with Gasteiger partial charge in [-0.1, -0.05) is 18.2 Å². The van der Waals surface area contributed by atoms with Crippen molar-refractivity contribution >= 4 is 0 Å². The maximum Gasteiger partial charge on any atom is 0.0802 e. The van der Waals surface area contributed by atoms with E-state index in [-0.39, 0.29) is 6.10 Å².